The van der Waals surface area contributed by atoms with Gasteiger partial charge in [-0.1, -0.05) is 36.4 Å². The fourth-order valence-corrected chi connectivity index (χ4v) is 3.86. The fraction of sp³-hybridized carbons (Fsp3) is 0.231. The Kier molecular flexibility index (Phi) is 6.21. The predicted octanol–water partition coefficient (Wildman–Crippen LogP) is 4.66. The lowest BCUT2D eigenvalue weighted by atomic mass is 9.97. The molecule has 1 aliphatic rings. The van der Waals surface area contributed by atoms with E-state index in [1.54, 1.807) is 41.3 Å². The van der Waals surface area contributed by atoms with Crippen molar-refractivity contribution in [2.45, 2.75) is 26.8 Å². The third-order valence-electron chi connectivity index (χ3n) is 5.63. The van der Waals surface area contributed by atoms with Crippen LogP contribution in [0.5, 0.6) is 5.75 Å². The Bertz CT molecular complexity index is 1180. The number of hydrogen-bond donors (Lipinski definition) is 1. The molecule has 164 valence electrons. The number of carbonyl (C=O) groups excluding carboxylic acids is 2. The van der Waals surface area contributed by atoms with Gasteiger partial charge in [-0.3, -0.25) is 9.59 Å². The van der Waals surface area contributed by atoms with E-state index in [4.69, 9.17) is 4.74 Å². The monoisotopic (exact) mass is 432 g/mol. The zero-order valence-electron chi connectivity index (χ0n) is 18.2. The van der Waals surface area contributed by atoms with Crippen LogP contribution in [0.3, 0.4) is 0 Å². The molecular formula is C26H25FN2O3. The van der Waals surface area contributed by atoms with Crippen LogP contribution in [0.15, 0.2) is 60.7 Å². The maximum Gasteiger partial charge on any atom is 0.262 e. The van der Waals surface area contributed by atoms with E-state index in [1.807, 2.05) is 32.0 Å². The average Bonchev–Trinajstić information content (AvgIpc) is 2.78. The van der Waals surface area contributed by atoms with Crippen LogP contribution in [0.1, 0.15) is 32.6 Å². The van der Waals surface area contributed by atoms with Gasteiger partial charge >= 0.3 is 0 Å². The highest BCUT2D eigenvalue weighted by molar-refractivity contribution is 5.97. The first kappa shape index (κ1) is 21.6. The van der Waals surface area contributed by atoms with Crippen molar-refractivity contribution in [2.24, 2.45) is 0 Å². The Morgan fingerprint density at radius 1 is 1.09 bits per heavy atom. The van der Waals surface area contributed by atoms with Crippen LogP contribution in [0.4, 0.5) is 10.1 Å². The van der Waals surface area contributed by atoms with Gasteiger partial charge in [-0.2, -0.15) is 0 Å². The first-order chi connectivity index (χ1) is 15.4. The number of nitrogens with zero attached hydrogens (tertiary/aromatic N) is 1. The molecule has 0 saturated carbocycles. The second-order valence-corrected chi connectivity index (χ2v) is 8.01. The number of carbonyl (C=O) groups is 2. The van der Waals surface area contributed by atoms with E-state index in [9.17, 15) is 14.0 Å². The number of amides is 2. The average molecular weight is 432 g/mol. The van der Waals surface area contributed by atoms with Crippen LogP contribution < -0.4 is 10.1 Å². The van der Waals surface area contributed by atoms with Crippen molar-refractivity contribution in [1.29, 1.82) is 0 Å². The number of rotatable bonds is 6. The quantitative estimate of drug-likeness (QED) is 0.616. The summed E-state index contributed by atoms with van der Waals surface area (Å²) in [4.78, 5) is 27.1. The number of fused-ring (bicyclic) bond motifs is 1. The molecule has 0 spiro atoms. The maximum atomic E-state index is 14.0. The summed E-state index contributed by atoms with van der Waals surface area (Å²) in [5, 5.41) is 2.88. The van der Waals surface area contributed by atoms with E-state index in [0.717, 1.165) is 22.4 Å². The smallest absolute Gasteiger partial charge is 0.262 e. The molecule has 32 heavy (non-hydrogen) atoms. The molecule has 6 heteroatoms. The summed E-state index contributed by atoms with van der Waals surface area (Å²) >= 11 is 0. The van der Waals surface area contributed by atoms with Crippen LogP contribution in [-0.2, 0) is 17.8 Å². The molecule has 3 aromatic rings. The number of hydrogen-bond acceptors (Lipinski definition) is 3. The van der Waals surface area contributed by atoms with Gasteiger partial charge in [-0.15, -0.1) is 0 Å². The van der Waals surface area contributed by atoms with E-state index < -0.39 is 0 Å². The molecule has 0 radical (unpaired) electrons. The Morgan fingerprint density at radius 3 is 2.72 bits per heavy atom. The van der Waals surface area contributed by atoms with Gasteiger partial charge < -0.3 is 15.0 Å². The molecule has 5 nitrogen and oxygen atoms in total. The third kappa shape index (κ3) is 4.64. The summed E-state index contributed by atoms with van der Waals surface area (Å²) in [5.41, 5.74) is 4.58. The van der Waals surface area contributed by atoms with Gasteiger partial charge in [0, 0.05) is 35.5 Å². The largest absolute Gasteiger partial charge is 0.483 e. The van der Waals surface area contributed by atoms with E-state index in [1.165, 1.54) is 6.07 Å². The maximum absolute atomic E-state index is 14.0. The van der Waals surface area contributed by atoms with Gasteiger partial charge in [0.05, 0.1) is 0 Å². The summed E-state index contributed by atoms with van der Waals surface area (Å²) < 4.78 is 19.8. The highest BCUT2D eigenvalue weighted by Crippen LogP contribution is 2.29. The second-order valence-electron chi connectivity index (χ2n) is 8.01. The zero-order valence-corrected chi connectivity index (χ0v) is 18.2. The van der Waals surface area contributed by atoms with Crippen molar-refractivity contribution in [2.75, 3.05) is 18.5 Å². The molecule has 1 aliphatic heterocycles. The van der Waals surface area contributed by atoms with Gasteiger partial charge in [0.25, 0.3) is 11.8 Å². The van der Waals surface area contributed by atoms with Crippen molar-refractivity contribution in [3.8, 4) is 5.75 Å². The van der Waals surface area contributed by atoms with Crippen LogP contribution >= 0.6 is 0 Å². The molecule has 4 rings (SSSR count). The minimum atomic E-state index is -0.321. The first-order valence-corrected chi connectivity index (χ1v) is 10.6. The normalized spacial score (nSPS) is 13.0. The van der Waals surface area contributed by atoms with Gasteiger partial charge in [-0.25, -0.2) is 4.39 Å². The third-order valence-corrected chi connectivity index (χ3v) is 5.63. The van der Waals surface area contributed by atoms with Crippen molar-refractivity contribution in [1.82, 2.24) is 4.90 Å². The van der Waals surface area contributed by atoms with E-state index >= 15 is 0 Å². The summed E-state index contributed by atoms with van der Waals surface area (Å²) in [7, 11) is 0. The minimum absolute atomic E-state index is 0.156. The lowest BCUT2D eigenvalue weighted by Gasteiger charge is -2.29. The standard InChI is InChI=1S/C26H25FN2O3/c1-17-10-11-18(2)23(14-17)28-25(30)16-32-24-9-5-7-21-20(24)12-13-29(26(21)31)15-19-6-3-4-8-22(19)27/h3-11,14H,12-13,15-16H2,1-2H3,(H,28,30). The van der Waals surface area contributed by atoms with Gasteiger partial charge in [0.2, 0.25) is 0 Å². The van der Waals surface area contributed by atoms with Crippen molar-refractivity contribution in [3.05, 3.63) is 94.3 Å². The molecule has 2 amide bonds. The Labute approximate surface area is 186 Å². The Balaban J connectivity index is 1.44. The van der Waals surface area contributed by atoms with Crippen LogP contribution in [0.25, 0.3) is 0 Å². The molecule has 0 saturated heterocycles. The van der Waals surface area contributed by atoms with Crippen LogP contribution in [0.2, 0.25) is 0 Å². The van der Waals surface area contributed by atoms with Crippen molar-refractivity contribution < 1.29 is 18.7 Å². The van der Waals surface area contributed by atoms with Crippen LogP contribution in [-0.4, -0.2) is 29.9 Å². The topological polar surface area (TPSA) is 58.6 Å². The molecule has 0 bridgehead atoms. The summed E-state index contributed by atoms with van der Waals surface area (Å²) in [6.45, 7) is 4.41. The highest BCUT2D eigenvalue weighted by atomic mass is 19.1. The molecular weight excluding hydrogens is 407 g/mol. The SMILES string of the molecule is Cc1ccc(C)c(NC(=O)COc2cccc3c2CCN(Cc2ccccc2F)C3=O)c1. The zero-order chi connectivity index (χ0) is 22.7. The van der Waals surface area contributed by atoms with E-state index in [-0.39, 0.29) is 30.8 Å². The molecule has 0 unspecified atom stereocenters. The number of halogens is 1. The lowest BCUT2D eigenvalue weighted by Crippen LogP contribution is -2.37. The number of anilines is 1. The molecule has 1 N–H and O–H groups in total. The second kappa shape index (κ2) is 9.22. The molecule has 3 aromatic carbocycles. The van der Waals surface area contributed by atoms with E-state index in [0.29, 0.717) is 29.8 Å². The van der Waals surface area contributed by atoms with Crippen LogP contribution in [0, 0.1) is 19.7 Å². The summed E-state index contributed by atoms with van der Waals surface area (Å²) in [6, 6.07) is 17.6. The lowest BCUT2D eigenvalue weighted by molar-refractivity contribution is -0.118. The molecule has 0 aliphatic carbocycles. The fourth-order valence-electron chi connectivity index (χ4n) is 3.86. The predicted molar refractivity (Wildman–Crippen MR) is 121 cm³/mol. The van der Waals surface area contributed by atoms with Crippen molar-refractivity contribution in [3.63, 3.8) is 0 Å². The highest BCUT2D eigenvalue weighted by Gasteiger charge is 2.27. The molecule has 1 heterocycles. The molecule has 0 aromatic heterocycles. The number of ether oxygens (including phenoxy) is 1. The Hall–Kier alpha value is -3.67. The first-order valence-electron chi connectivity index (χ1n) is 10.6. The van der Waals surface area contributed by atoms with Gasteiger partial charge in [0.15, 0.2) is 6.61 Å². The van der Waals surface area contributed by atoms with E-state index in [2.05, 4.69) is 5.32 Å². The van der Waals surface area contributed by atoms with Gasteiger partial charge in [-0.05, 0) is 55.7 Å². The number of nitrogens with one attached hydrogen (secondary N) is 1. The summed E-state index contributed by atoms with van der Waals surface area (Å²) in [6.07, 6.45) is 0.574. The van der Waals surface area contributed by atoms with Gasteiger partial charge in [0.1, 0.15) is 11.6 Å². The molecule has 0 fully saturated rings. The minimum Gasteiger partial charge on any atom is -0.483 e. The summed E-state index contributed by atoms with van der Waals surface area (Å²) in [5.74, 6) is -0.227. The number of aryl methyl sites for hydroxylation is 2. The number of benzene rings is 3. The Morgan fingerprint density at radius 2 is 1.91 bits per heavy atom. The molecule has 0 atom stereocenters. The van der Waals surface area contributed by atoms with Crippen molar-refractivity contribution >= 4 is 17.5 Å².